The molecular formula is C17H21FN4O3S. The largest absolute Gasteiger partial charge is 0.309 e. The van der Waals surface area contributed by atoms with Gasteiger partial charge in [-0.15, -0.1) is 0 Å². The first-order valence-corrected chi connectivity index (χ1v) is 10.2. The zero-order valence-corrected chi connectivity index (χ0v) is 15.2. The summed E-state index contributed by atoms with van der Waals surface area (Å²) in [5.74, 6) is -0.317. The number of hydrogen-bond donors (Lipinski definition) is 1. The Kier molecular flexibility index (Phi) is 5.38. The summed E-state index contributed by atoms with van der Waals surface area (Å²) in [6.07, 6.45) is 3.81. The van der Waals surface area contributed by atoms with Crippen molar-refractivity contribution in [2.75, 3.05) is 24.7 Å². The van der Waals surface area contributed by atoms with E-state index in [0.29, 0.717) is 37.3 Å². The van der Waals surface area contributed by atoms with Crippen molar-refractivity contribution in [3.63, 3.8) is 0 Å². The van der Waals surface area contributed by atoms with Gasteiger partial charge in [0.1, 0.15) is 5.82 Å². The Morgan fingerprint density at radius 1 is 1.27 bits per heavy atom. The molecule has 1 amide bonds. The van der Waals surface area contributed by atoms with E-state index >= 15 is 0 Å². The van der Waals surface area contributed by atoms with E-state index in [1.54, 1.807) is 35.1 Å². The number of sulfonamides is 1. The molecule has 0 aliphatic carbocycles. The van der Waals surface area contributed by atoms with Crippen LogP contribution in [0.25, 0.3) is 0 Å². The Labute approximate surface area is 151 Å². The maximum atomic E-state index is 13.7. The van der Waals surface area contributed by atoms with Crippen LogP contribution in [0.4, 0.5) is 10.2 Å². The number of hydrogen-bond acceptors (Lipinski definition) is 4. The minimum atomic E-state index is -3.21. The lowest BCUT2D eigenvalue weighted by molar-refractivity contribution is -0.120. The summed E-state index contributed by atoms with van der Waals surface area (Å²) in [5, 5.41) is 7.00. The summed E-state index contributed by atoms with van der Waals surface area (Å²) in [7, 11) is -3.21. The SMILES string of the molecule is CS(=O)(=O)N1CCC(C(=O)Nc2ccn(Cc3ccccc3F)n2)CC1. The van der Waals surface area contributed by atoms with E-state index in [-0.39, 0.29) is 24.2 Å². The third kappa shape index (κ3) is 4.47. The average Bonchev–Trinajstić information content (AvgIpc) is 3.03. The number of halogens is 1. The lowest BCUT2D eigenvalue weighted by Gasteiger charge is -2.29. The van der Waals surface area contributed by atoms with Gasteiger partial charge in [-0.2, -0.15) is 5.10 Å². The number of piperidine rings is 1. The molecule has 26 heavy (non-hydrogen) atoms. The minimum absolute atomic E-state index is 0.172. The fourth-order valence-electron chi connectivity index (χ4n) is 3.00. The van der Waals surface area contributed by atoms with Crippen LogP contribution in [0.5, 0.6) is 0 Å². The van der Waals surface area contributed by atoms with Crippen molar-refractivity contribution in [2.24, 2.45) is 5.92 Å². The van der Waals surface area contributed by atoms with E-state index in [0.717, 1.165) is 0 Å². The van der Waals surface area contributed by atoms with Gasteiger partial charge in [-0.05, 0) is 18.9 Å². The van der Waals surface area contributed by atoms with Crippen LogP contribution in [0, 0.1) is 11.7 Å². The van der Waals surface area contributed by atoms with Crippen molar-refractivity contribution in [1.82, 2.24) is 14.1 Å². The van der Waals surface area contributed by atoms with Crippen molar-refractivity contribution in [1.29, 1.82) is 0 Å². The molecule has 0 atom stereocenters. The summed E-state index contributed by atoms with van der Waals surface area (Å²) in [4.78, 5) is 12.4. The number of amides is 1. The second-order valence-electron chi connectivity index (χ2n) is 6.42. The van der Waals surface area contributed by atoms with Gasteiger partial charge in [0.15, 0.2) is 5.82 Å². The van der Waals surface area contributed by atoms with Gasteiger partial charge in [0, 0.05) is 36.8 Å². The molecule has 0 saturated carbocycles. The molecule has 1 aliphatic rings. The first-order chi connectivity index (χ1) is 12.3. The monoisotopic (exact) mass is 380 g/mol. The van der Waals surface area contributed by atoms with E-state index in [9.17, 15) is 17.6 Å². The van der Waals surface area contributed by atoms with Crippen molar-refractivity contribution in [2.45, 2.75) is 19.4 Å². The summed E-state index contributed by atoms with van der Waals surface area (Å²) in [5.41, 5.74) is 0.515. The van der Waals surface area contributed by atoms with Gasteiger partial charge in [-0.25, -0.2) is 17.1 Å². The van der Waals surface area contributed by atoms with Crippen molar-refractivity contribution in [3.05, 3.63) is 47.9 Å². The lowest BCUT2D eigenvalue weighted by atomic mass is 9.97. The fourth-order valence-corrected chi connectivity index (χ4v) is 3.87. The summed E-state index contributed by atoms with van der Waals surface area (Å²) in [6, 6.07) is 8.12. The molecule has 0 radical (unpaired) electrons. The van der Waals surface area contributed by atoms with Gasteiger partial charge in [0.25, 0.3) is 0 Å². The molecule has 1 saturated heterocycles. The smallest absolute Gasteiger partial charge is 0.228 e. The molecule has 0 spiro atoms. The van der Waals surface area contributed by atoms with Crippen LogP contribution in [-0.2, 0) is 21.4 Å². The number of benzene rings is 1. The second kappa shape index (κ2) is 7.55. The quantitative estimate of drug-likeness (QED) is 0.855. The highest BCUT2D eigenvalue weighted by Gasteiger charge is 2.29. The second-order valence-corrected chi connectivity index (χ2v) is 8.40. The summed E-state index contributed by atoms with van der Waals surface area (Å²) >= 11 is 0. The molecule has 3 rings (SSSR count). The van der Waals surface area contributed by atoms with Gasteiger partial charge in [0.05, 0.1) is 12.8 Å². The number of nitrogens with zero attached hydrogens (tertiary/aromatic N) is 3. The number of carbonyl (C=O) groups excluding carboxylic acids is 1. The van der Waals surface area contributed by atoms with Crippen molar-refractivity contribution in [3.8, 4) is 0 Å². The number of anilines is 1. The van der Waals surface area contributed by atoms with Gasteiger partial charge in [-0.1, -0.05) is 18.2 Å². The van der Waals surface area contributed by atoms with E-state index < -0.39 is 10.0 Å². The third-order valence-electron chi connectivity index (χ3n) is 4.48. The molecule has 2 heterocycles. The average molecular weight is 380 g/mol. The highest BCUT2D eigenvalue weighted by Crippen LogP contribution is 2.20. The Morgan fingerprint density at radius 2 is 1.96 bits per heavy atom. The molecule has 1 aromatic heterocycles. The van der Waals surface area contributed by atoms with Gasteiger partial charge in [-0.3, -0.25) is 9.48 Å². The first kappa shape index (κ1) is 18.5. The van der Waals surface area contributed by atoms with Crippen LogP contribution in [0.2, 0.25) is 0 Å². The van der Waals surface area contributed by atoms with Crippen LogP contribution in [0.3, 0.4) is 0 Å². The third-order valence-corrected chi connectivity index (χ3v) is 5.78. The normalized spacial score (nSPS) is 16.5. The summed E-state index contributed by atoms with van der Waals surface area (Å²) < 4.78 is 39.7. The molecule has 0 unspecified atom stereocenters. The highest BCUT2D eigenvalue weighted by molar-refractivity contribution is 7.88. The molecule has 1 aliphatic heterocycles. The van der Waals surface area contributed by atoms with E-state index in [1.807, 2.05) is 0 Å². The predicted molar refractivity (Wildman–Crippen MR) is 95.5 cm³/mol. The Hall–Kier alpha value is -2.26. The van der Waals surface area contributed by atoms with E-state index in [2.05, 4.69) is 10.4 Å². The lowest BCUT2D eigenvalue weighted by Crippen LogP contribution is -2.40. The number of rotatable bonds is 5. The standard InChI is InChI=1S/C17H21FN4O3S/c1-26(24,25)22-10-6-13(7-11-22)17(23)19-16-8-9-21(20-16)12-14-4-2-3-5-15(14)18/h2-5,8-9,13H,6-7,10-12H2,1H3,(H,19,20,23). The van der Waals surface area contributed by atoms with E-state index in [4.69, 9.17) is 0 Å². The first-order valence-electron chi connectivity index (χ1n) is 8.36. The zero-order valence-electron chi connectivity index (χ0n) is 14.4. The Bertz CT molecular complexity index is 889. The van der Waals surface area contributed by atoms with Gasteiger partial charge in [0.2, 0.25) is 15.9 Å². The maximum Gasteiger partial charge on any atom is 0.228 e. The molecule has 1 aromatic carbocycles. The predicted octanol–water partition coefficient (Wildman–Crippen LogP) is 1.68. The van der Waals surface area contributed by atoms with Crippen molar-refractivity contribution < 1.29 is 17.6 Å². The summed E-state index contributed by atoms with van der Waals surface area (Å²) in [6.45, 7) is 0.965. The van der Waals surface area contributed by atoms with Crippen LogP contribution in [0.1, 0.15) is 18.4 Å². The van der Waals surface area contributed by atoms with Gasteiger partial charge < -0.3 is 5.32 Å². The topological polar surface area (TPSA) is 84.3 Å². The molecule has 0 bridgehead atoms. The van der Waals surface area contributed by atoms with Crippen LogP contribution >= 0.6 is 0 Å². The fraction of sp³-hybridized carbons (Fsp3) is 0.412. The molecule has 1 N–H and O–H groups in total. The van der Waals surface area contributed by atoms with E-state index in [1.165, 1.54) is 16.6 Å². The van der Waals surface area contributed by atoms with Crippen LogP contribution < -0.4 is 5.32 Å². The van der Waals surface area contributed by atoms with Gasteiger partial charge >= 0.3 is 0 Å². The molecule has 1 fully saturated rings. The molecular weight excluding hydrogens is 359 g/mol. The maximum absolute atomic E-state index is 13.7. The number of carbonyl (C=O) groups is 1. The number of nitrogens with one attached hydrogen (secondary N) is 1. The number of aromatic nitrogens is 2. The van der Waals surface area contributed by atoms with Crippen LogP contribution in [-0.4, -0.2) is 47.8 Å². The Balaban J connectivity index is 1.56. The molecule has 140 valence electrons. The molecule has 7 nitrogen and oxygen atoms in total. The Morgan fingerprint density at radius 3 is 2.62 bits per heavy atom. The highest BCUT2D eigenvalue weighted by atomic mass is 32.2. The molecule has 2 aromatic rings. The van der Waals surface area contributed by atoms with Crippen molar-refractivity contribution >= 4 is 21.7 Å². The molecule has 9 heteroatoms. The minimum Gasteiger partial charge on any atom is -0.309 e. The van der Waals surface area contributed by atoms with Crippen LogP contribution in [0.15, 0.2) is 36.5 Å². The zero-order chi connectivity index (χ0) is 18.7.